The Balaban J connectivity index is 1.70. The van der Waals surface area contributed by atoms with Gasteiger partial charge in [-0.05, 0) is 61.6 Å². The van der Waals surface area contributed by atoms with Crippen molar-refractivity contribution in [1.82, 2.24) is 0 Å². The quantitative estimate of drug-likeness (QED) is 0.799. The van der Waals surface area contributed by atoms with E-state index in [2.05, 4.69) is 18.2 Å². The van der Waals surface area contributed by atoms with Gasteiger partial charge in [0.05, 0.1) is 5.60 Å². The average Bonchev–Trinajstić information content (AvgIpc) is 2.80. The van der Waals surface area contributed by atoms with E-state index in [1.807, 2.05) is 0 Å². The van der Waals surface area contributed by atoms with E-state index in [0.29, 0.717) is 0 Å². The molecule has 0 aromatic heterocycles. The molecule has 0 saturated heterocycles. The number of hydrogen-bond donors (Lipinski definition) is 1. The van der Waals surface area contributed by atoms with Gasteiger partial charge in [-0.15, -0.1) is 0 Å². The molecule has 1 aromatic carbocycles. The molecule has 0 bridgehead atoms. The first-order chi connectivity index (χ1) is 7.25. The highest BCUT2D eigenvalue weighted by atomic mass is 16.3. The molecule has 1 nitrogen and oxygen atoms in total. The molecular weight excluding hydrogens is 184 g/mol. The van der Waals surface area contributed by atoms with Crippen molar-refractivity contribution < 1.29 is 5.11 Å². The highest BCUT2D eigenvalue weighted by Gasteiger charge is 2.39. The van der Waals surface area contributed by atoms with Crippen molar-refractivity contribution in [3.8, 4) is 0 Å². The van der Waals surface area contributed by atoms with Crippen molar-refractivity contribution in [3.63, 3.8) is 0 Å². The molecule has 0 amide bonds. The third kappa shape index (κ3) is 1.93. The Labute approximate surface area is 91.1 Å². The molecule has 0 radical (unpaired) electrons. The first kappa shape index (κ1) is 9.41. The maximum Gasteiger partial charge on any atom is 0.0653 e. The summed E-state index contributed by atoms with van der Waals surface area (Å²) >= 11 is 0. The van der Waals surface area contributed by atoms with E-state index < -0.39 is 0 Å². The smallest absolute Gasteiger partial charge is 0.0653 e. The van der Waals surface area contributed by atoms with Crippen LogP contribution >= 0.6 is 0 Å². The minimum absolute atomic E-state index is 0.293. The number of hydrogen-bond acceptors (Lipinski definition) is 1. The Morgan fingerprint density at radius 2 is 1.93 bits per heavy atom. The Hall–Kier alpha value is -0.820. The van der Waals surface area contributed by atoms with Crippen LogP contribution in [-0.4, -0.2) is 10.7 Å². The molecule has 0 spiro atoms. The summed E-state index contributed by atoms with van der Waals surface area (Å²) in [4.78, 5) is 0. The van der Waals surface area contributed by atoms with Gasteiger partial charge in [0.2, 0.25) is 0 Å². The summed E-state index contributed by atoms with van der Waals surface area (Å²) < 4.78 is 0. The lowest BCUT2D eigenvalue weighted by molar-refractivity contribution is 0.140. The summed E-state index contributed by atoms with van der Waals surface area (Å²) in [6.07, 6.45) is 7.86. The zero-order valence-corrected chi connectivity index (χ0v) is 9.13. The Morgan fingerprint density at radius 1 is 1.13 bits per heavy atom. The van der Waals surface area contributed by atoms with Gasteiger partial charge in [-0.3, -0.25) is 0 Å². The average molecular weight is 202 g/mol. The van der Waals surface area contributed by atoms with E-state index >= 15 is 0 Å². The summed E-state index contributed by atoms with van der Waals surface area (Å²) in [7, 11) is 0. The molecule has 80 valence electrons. The van der Waals surface area contributed by atoms with Gasteiger partial charge in [-0.1, -0.05) is 18.2 Å². The number of aryl methyl sites for hydroxylation is 3. The van der Waals surface area contributed by atoms with Gasteiger partial charge in [0.1, 0.15) is 0 Å². The van der Waals surface area contributed by atoms with Crippen LogP contribution in [0.15, 0.2) is 18.2 Å². The lowest BCUT2D eigenvalue weighted by atomic mass is 10.0. The predicted octanol–water partition coefficient (Wildman–Crippen LogP) is 2.63. The van der Waals surface area contributed by atoms with Crippen LogP contribution in [0.25, 0.3) is 0 Å². The van der Waals surface area contributed by atoms with Crippen molar-refractivity contribution in [2.45, 2.75) is 50.5 Å². The molecule has 0 unspecified atom stereocenters. The number of aliphatic hydroxyl groups is 1. The second kappa shape index (κ2) is 3.34. The molecule has 15 heavy (non-hydrogen) atoms. The largest absolute Gasteiger partial charge is 0.390 e. The fraction of sp³-hybridized carbons (Fsp3) is 0.571. The summed E-state index contributed by atoms with van der Waals surface area (Å²) in [5.74, 6) is 0. The predicted molar refractivity (Wildman–Crippen MR) is 61.0 cm³/mol. The third-order valence-electron chi connectivity index (χ3n) is 3.87. The highest BCUT2D eigenvalue weighted by Crippen LogP contribution is 2.39. The molecule has 3 rings (SSSR count). The Bertz CT molecular complexity index is 377. The van der Waals surface area contributed by atoms with Crippen LogP contribution in [-0.2, 0) is 19.3 Å². The van der Waals surface area contributed by atoms with Gasteiger partial charge >= 0.3 is 0 Å². The van der Waals surface area contributed by atoms with Crippen molar-refractivity contribution >= 4 is 0 Å². The monoisotopic (exact) mass is 202 g/mol. The summed E-state index contributed by atoms with van der Waals surface area (Å²) in [6, 6.07) is 6.89. The Kier molecular flexibility index (Phi) is 2.10. The van der Waals surface area contributed by atoms with E-state index in [-0.39, 0.29) is 5.60 Å². The summed E-state index contributed by atoms with van der Waals surface area (Å²) in [5.41, 5.74) is 4.22. The van der Waals surface area contributed by atoms with Crippen LogP contribution in [0.2, 0.25) is 0 Å². The van der Waals surface area contributed by atoms with Crippen LogP contribution in [0.5, 0.6) is 0 Å². The standard InChI is InChI=1S/C14H18O/c15-14(8-9-14)7-6-11-4-5-12-2-1-3-13(12)10-11/h4-5,10,15H,1-3,6-9H2. The SMILES string of the molecule is OC1(CCc2ccc3c(c2)CCC3)CC1. The maximum absolute atomic E-state index is 9.78. The molecule has 0 atom stereocenters. The lowest BCUT2D eigenvalue weighted by Gasteiger charge is -2.08. The van der Waals surface area contributed by atoms with E-state index in [4.69, 9.17) is 0 Å². The Morgan fingerprint density at radius 3 is 2.73 bits per heavy atom. The van der Waals surface area contributed by atoms with Crippen molar-refractivity contribution in [2.75, 3.05) is 0 Å². The topological polar surface area (TPSA) is 20.2 Å². The molecule has 1 fully saturated rings. The molecule has 0 heterocycles. The molecule has 0 aliphatic heterocycles. The van der Waals surface area contributed by atoms with E-state index in [9.17, 15) is 5.11 Å². The van der Waals surface area contributed by atoms with Crippen LogP contribution in [0.3, 0.4) is 0 Å². The second-order valence-electron chi connectivity index (χ2n) is 5.18. The van der Waals surface area contributed by atoms with Gasteiger partial charge in [-0.2, -0.15) is 0 Å². The molecule has 1 heteroatoms. The van der Waals surface area contributed by atoms with Gasteiger partial charge < -0.3 is 5.11 Å². The minimum atomic E-state index is -0.293. The molecular formula is C14H18O. The highest BCUT2D eigenvalue weighted by molar-refractivity contribution is 5.35. The first-order valence-corrected chi connectivity index (χ1v) is 6.08. The van der Waals surface area contributed by atoms with Gasteiger partial charge in [-0.25, -0.2) is 0 Å². The molecule has 2 aliphatic carbocycles. The fourth-order valence-corrected chi connectivity index (χ4v) is 2.55. The molecule has 2 aliphatic rings. The maximum atomic E-state index is 9.78. The van der Waals surface area contributed by atoms with Crippen molar-refractivity contribution in [2.24, 2.45) is 0 Å². The molecule has 1 N–H and O–H groups in total. The number of rotatable bonds is 3. The van der Waals surface area contributed by atoms with Gasteiger partial charge in [0.15, 0.2) is 0 Å². The van der Waals surface area contributed by atoms with E-state index in [1.165, 1.54) is 24.8 Å². The summed E-state index contributed by atoms with van der Waals surface area (Å²) in [5, 5.41) is 9.78. The third-order valence-corrected chi connectivity index (χ3v) is 3.87. The number of fused-ring (bicyclic) bond motifs is 1. The van der Waals surface area contributed by atoms with Crippen LogP contribution in [0.1, 0.15) is 42.4 Å². The fourth-order valence-electron chi connectivity index (χ4n) is 2.55. The van der Waals surface area contributed by atoms with Gasteiger partial charge in [0.25, 0.3) is 0 Å². The zero-order valence-electron chi connectivity index (χ0n) is 9.13. The zero-order chi connectivity index (χ0) is 10.3. The second-order valence-corrected chi connectivity index (χ2v) is 5.18. The van der Waals surface area contributed by atoms with Crippen molar-refractivity contribution in [1.29, 1.82) is 0 Å². The normalized spacial score (nSPS) is 21.4. The molecule has 1 aromatic rings. The lowest BCUT2D eigenvalue weighted by Crippen LogP contribution is -2.07. The number of benzene rings is 1. The molecule has 1 saturated carbocycles. The van der Waals surface area contributed by atoms with Crippen molar-refractivity contribution in [3.05, 3.63) is 34.9 Å². The van der Waals surface area contributed by atoms with E-state index in [0.717, 1.165) is 25.7 Å². The summed E-state index contributed by atoms with van der Waals surface area (Å²) in [6.45, 7) is 0. The van der Waals surface area contributed by atoms with Crippen LogP contribution in [0, 0.1) is 0 Å². The van der Waals surface area contributed by atoms with Gasteiger partial charge in [0, 0.05) is 0 Å². The van der Waals surface area contributed by atoms with E-state index in [1.54, 1.807) is 11.1 Å². The van der Waals surface area contributed by atoms with Crippen LogP contribution < -0.4 is 0 Å². The first-order valence-electron chi connectivity index (χ1n) is 6.08. The minimum Gasteiger partial charge on any atom is -0.390 e. The van der Waals surface area contributed by atoms with Crippen LogP contribution in [0.4, 0.5) is 0 Å².